The van der Waals surface area contributed by atoms with Crippen molar-refractivity contribution in [1.29, 1.82) is 0 Å². The summed E-state index contributed by atoms with van der Waals surface area (Å²) in [6.45, 7) is 3.25. The van der Waals surface area contributed by atoms with E-state index in [0.717, 1.165) is 12.8 Å². The number of hydrogen-bond acceptors (Lipinski definition) is 4. The number of ether oxygens (including phenoxy) is 1. The van der Waals surface area contributed by atoms with Crippen molar-refractivity contribution >= 4 is 21.6 Å². The zero-order valence-electron chi connectivity index (χ0n) is 12.3. The maximum atomic E-state index is 12.3. The topological polar surface area (TPSA) is 84.5 Å². The molecule has 0 unspecified atom stereocenters. The summed E-state index contributed by atoms with van der Waals surface area (Å²) in [5.41, 5.74) is 0.444. The molecule has 2 rings (SSSR count). The van der Waals surface area contributed by atoms with Crippen LogP contribution in [0.5, 0.6) is 5.75 Å². The summed E-state index contributed by atoms with van der Waals surface area (Å²) in [7, 11) is -2.16. The van der Waals surface area contributed by atoms with E-state index < -0.39 is 10.0 Å². The van der Waals surface area contributed by atoms with Crippen LogP contribution >= 0.6 is 0 Å². The molecule has 1 aliphatic rings. The molecule has 21 heavy (non-hydrogen) atoms. The lowest BCUT2D eigenvalue weighted by atomic mass is 10.2. The number of nitrogens with one attached hydrogen (secondary N) is 2. The van der Waals surface area contributed by atoms with Crippen LogP contribution in [-0.4, -0.2) is 27.5 Å². The van der Waals surface area contributed by atoms with Gasteiger partial charge in [0, 0.05) is 19.0 Å². The molecule has 6 nitrogen and oxygen atoms in total. The number of hydrogen-bond donors (Lipinski definition) is 2. The van der Waals surface area contributed by atoms with Crippen LogP contribution in [0.1, 0.15) is 26.7 Å². The predicted molar refractivity (Wildman–Crippen MR) is 79.8 cm³/mol. The maximum absolute atomic E-state index is 12.3. The minimum atomic E-state index is -3.59. The van der Waals surface area contributed by atoms with Gasteiger partial charge in [0.15, 0.2) is 0 Å². The van der Waals surface area contributed by atoms with E-state index in [1.165, 1.54) is 32.2 Å². The Hall–Kier alpha value is -1.60. The van der Waals surface area contributed by atoms with Crippen LogP contribution in [0.2, 0.25) is 0 Å². The molecule has 0 spiro atoms. The van der Waals surface area contributed by atoms with E-state index in [1.807, 2.05) is 6.92 Å². The van der Waals surface area contributed by atoms with Crippen molar-refractivity contribution in [2.24, 2.45) is 5.92 Å². The van der Waals surface area contributed by atoms with Gasteiger partial charge in [-0.15, -0.1) is 0 Å². The van der Waals surface area contributed by atoms with E-state index in [1.54, 1.807) is 0 Å². The summed E-state index contributed by atoms with van der Waals surface area (Å²) in [6, 6.07) is 4.32. The normalized spacial score (nSPS) is 16.3. The first-order valence-corrected chi connectivity index (χ1v) is 8.30. The zero-order chi connectivity index (χ0) is 15.6. The Morgan fingerprint density at radius 2 is 2.05 bits per heavy atom. The number of methoxy groups -OCH3 is 1. The Morgan fingerprint density at radius 1 is 1.38 bits per heavy atom. The summed E-state index contributed by atoms with van der Waals surface area (Å²) in [6.07, 6.45) is 2.13. The molecule has 0 aliphatic heterocycles. The lowest BCUT2D eigenvalue weighted by Gasteiger charge is -2.15. The van der Waals surface area contributed by atoms with Gasteiger partial charge in [0.05, 0.1) is 17.7 Å². The molecule has 116 valence electrons. The average molecular weight is 312 g/mol. The monoisotopic (exact) mass is 312 g/mol. The molecule has 0 saturated heterocycles. The maximum Gasteiger partial charge on any atom is 0.240 e. The second-order valence-electron chi connectivity index (χ2n) is 5.29. The molecule has 0 bridgehead atoms. The summed E-state index contributed by atoms with van der Waals surface area (Å²) in [5, 5.41) is 2.59. The molecule has 1 aliphatic carbocycles. The molecule has 1 amide bonds. The number of sulfonamides is 1. The standard InChI is InChI=1S/C14H20N2O4S/c1-9(11-4-5-11)16-21(18,19)12-6-7-13(15-10(2)17)14(8-12)20-3/h6-9,11,16H,4-5H2,1-3H3,(H,15,17)/t9-/m1/s1. The van der Waals surface area contributed by atoms with Gasteiger partial charge in [-0.05, 0) is 37.8 Å². The van der Waals surface area contributed by atoms with Crippen LogP contribution in [0.4, 0.5) is 5.69 Å². The molecule has 0 aromatic heterocycles. The molecule has 1 aromatic rings. The number of carbonyl (C=O) groups is 1. The van der Waals surface area contributed by atoms with E-state index in [4.69, 9.17) is 4.74 Å². The van der Waals surface area contributed by atoms with E-state index in [2.05, 4.69) is 10.0 Å². The molecular formula is C14H20N2O4S. The van der Waals surface area contributed by atoms with Crippen molar-refractivity contribution < 1.29 is 17.9 Å². The van der Waals surface area contributed by atoms with Gasteiger partial charge in [0.1, 0.15) is 5.75 Å². The first-order chi connectivity index (χ1) is 9.83. The Kier molecular flexibility index (Phi) is 4.53. The zero-order valence-corrected chi connectivity index (χ0v) is 13.2. The van der Waals surface area contributed by atoms with Gasteiger partial charge in [-0.2, -0.15) is 0 Å². The van der Waals surface area contributed by atoms with Crippen LogP contribution in [0, 0.1) is 5.92 Å². The van der Waals surface area contributed by atoms with Crippen molar-refractivity contribution in [1.82, 2.24) is 4.72 Å². The van der Waals surface area contributed by atoms with Crippen molar-refractivity contribution in [2.75, 3.05) is 12.4 Å². The fourth-order valence-corrected chi connectivity index (χ4v) is 3.46. The highest BCUT2D eigenvalue weighted by atomic mass is 32.2. The molecule has 0 heterocycles. The minimum absolute atomic E-state index is 0.0731. The van der Waals surface area contributed by atoms with Crippen LogP contribution in [0.15, 0.2) is 23.1 Å². The highest BCUT2D eigenvalue weighted by Gasteiger charge is 2.31. The fourth-order valence-electron chi connectivity index (χ4n) is 2.14. The van der Waals surface area contributed by atoms with Gasteiger partial charge < -0.3 is 10.1 Å². The van der Waals surface area contributed by atoms with Crippen LogP contribution in [0.25, 0.3) is 0 Å². The van der Waals surface area contributed by atoms with E-state index in [9.17, 15) is 13.2 Å². The molecule has 1 atom stereocenters. The largest absolute Gasteiger partial charge is 0.495 e. The second kappa shape index (κ2) is 6.03. The Morgan fingerprint density at radius 3 is 2.57 bits per heavy atom. The molecule has 0 radical (unpaired) electrons. The molecule has 1 saturated carbocycles. The van der Waals surface area contributed by atoms with Crippen LogP contribution in [0.3, 0.4) is 0 Å². The van der Waals surface area contributed by atoms with Gasteiger partial charge in [0.25, 0.3) is 0 Å². The van der Waals surface area contributed by atoms with E-state index in [-0.39, 0.29) is 16.8 Å². The van der Waals surface area contributed by atoms with Gasteiger partial charge in [-0.3, -0.25) is 4.79 Å². The third-order valence-corrected chi connectivity index (χ3v) is 5.02. The Labute approximate surface area is 124 Å². The van der Waals surface area contributed by atoms with Crippen LogP contribution in [-0.2, 0) is 14.8 Å². The summed E-state index contributed by atoms with van der Waals surface area (Å²) in [4.78, 5) is 11.2. The number of benzene rings is 1. The first-order valence-electron chi connectivity index (χ1n) is 6.81. The molecule has 7 heteroatoms. The minimum Gasteiger partial charge on any atom is -0.495 e. The number of carbonyl (C=O) groups excluding carboxylic acids is 1. The Balaban J connectivity index is 2.24. The summed E-state index contributed by atoms with van der Waals surface area (Å²) >= 11 is 0. The van der Waals surface area contributed by atoms with Crippen molar-refractivity contribution in [3.8, 4) is 5.75 Å². The third-order valence-electron chi connectivity index (χ3n) is 3.46. The highest BCUT2D eigenvalue weighted by molar-refractivity contribution is 7.89. The van der Waals surface area contributed by atoms with E-state index in [0.29, 0.717) is 17.4 Å². The van der Waals surface area contributed by atoms with Crippen molar-refractivity contribution in [3.63, 3.8) is 0 Å². The number of amides is 1. The van der Waals surface area contributed by atoms with Gasteiger partial charge in [-0.1, -0.05) is 0 Å². The quantitative estimate of drug-likeness (QED) is 0.838. The highest BCUT2D eigenvalue weighted by Crippen LogP contribution is 2.33. The van der Waals surface area contributed by atoms with Crippen molar-refractivity contribution in [3.05, 3.63) is 18.2 Å². The predicted octanol–water partition coefficient (Wildman–Crippen LogP) is 1.73. The fraction of sp³-hybridized carbons (Fsp3) is 0.500. The van der Waals surface area contributed by atoms with Crippen LogP contribution < -0.4 is 14.8 Å². The third kappa shape index (κ3) is 3.95. The van der Waals surface area contributed by atoms with E-state index >= 15 is 0 Å². The number of rotatable bonds is 6. The van der Waals surface area contributed by atoms with Gasteiger partial charge in [-0.25, -0.2) is 13.1 Å². The lowest BCUT2D eigenvalue weighted by Crippen LogP contribution is -2.34. The second-order valence-corrected chi connectivity index (χ2v) is 7.00. The first kappa shape index (κ1) is 15.8. The summed E-state index contributed by atoms with van der Waals surface area (Å²) < 4.78 is 32.5. The Bertz CT molecular complexity index is 638. The SMILES string of the molecule is COc1cc(S(=O)(=O)N[C@H](C)C2CC2)ccc1NC(C)=O. The molecular weight excluding hydrogens is 292 g/mol. The molecule has 2 N–H and O–H groups in total. The smallest absolute Gasteiger partial charge is 0.240 e. The van der Waals surface area contributed by atoms with Gasteiger partial charge >= 0.3 is 0 Å². The molecule has 1 aromatic carbocycles. The lowest BCUT2D eigenvalue weighted by molar-refractivity contribution is -0.114. The van der Waals surface area contributed by atoms with Crippen molar-refractivity contribution in [2.45, 2.75) is 37.6 Å². The number of anilines is 1. The van der Waals surface area contributed by atoms with Gasteiger partial charge in [0.2, 0.25) is 15.9 Å². The average Bonchev–Trinajstić information content (AvgIpc) is 3.22. The molecule has 1 fully saturated rings. The summed E-state index contributed by atoms with van der Waals surface area (Å²) in [5.74, 6) is 0.497.